The van der Waals surface area contributed by atoms with Gasteiger partial charge in [0.05, 0.1) is 11.0 Å². The van der Waals surface area contributed by atoms with Crippen molar-refractivity contribution in [3.8, 4) is 50.5 Å². The summed E-state index contributed by atoms with van der Waals surface area (Å²) < 4.78 is 2.25. The van der Waals surface area contributed by atoms with E-state index in [0.717, 1.165) is 28.1 Å². The van der Waals surface area contributed by atoms with Gasteiger partial charge in [0, 0.05) is 44.0 Å². The van der Waals surface area contributed by atoms with E-state index in [1.807, 2.05) is 6.07 Å². The summed E-state index contributed by atoms with van der Waals surface area (Å²) >= 11 is 0. The van der Waals surface area contributed by atoms with E-state index >= 15 is 0 Å². The maximum atomic E-state index is 5.05. The number of para-hydroxylation sites is 3. The Hall–Kier alpha value is -3.85. The van der Waals surface area contributed by atoms with Crippen molar-refractivity contribution in [3.63, 3.8) is 0 Å². The van der Waals surface area contributed by atoms with Gasteiger partial charge in [-0.1, -0.05) is 128 Å². The Bertz CT molecular complexity index is 2120. The third-order valence-corrected chi connectivity index (χ3v) is 8.67. The zero-order valence-electron chi connectivity index (χ0n) is 23.4. The largest absolute Gasteiger partial charge is 0.292 e. The number of nitrogens with zero attached hydrogens (tertiary/aromatic N) is 2. The average Bonchev–Trinajstić information content (AvgIpc) is 3.54. The summed E-state index contributed by atoms with van der Waals surface area (Å²) in [5.74, 6) is 0.951. The maximum absolute atomic E-state index is 5.05. The smallest absolute Gasteiger partial charge is 0.145 e. The summed E-state index contributed by atoms with van der Waals surface area (Å²) in [6.07, 6.45) is 0. The van der Waals surface area contributed by atoms with Crippen LogP contribution in [0.3, 0.4) is 0 Å². The Balaban J connectivity index is 0.00000276. The minimum Gasteiger partial charge on any atom is -0.292 e. The fourth-order valence-corrected chi connectivity index (χ4v) is 6.47. The number of rotatable bonds is 3. The van der Waals surface area contributed by atoms with Crippen molar-refractivity contribution in [1.29, 1.82) is 0 Å². The van der Waals surface area contributed by atoms with Crippen molar-refractivity contribution in [3.05, 3.63) is 132 Å². The van der Waals surface area contributed by atoms with Gasteiger partial charge < -0.3 is 0 Å². The van der Waals surface area contributed by atoms with Crippen LogP contribution in [0.4, 0.5) is 0 Å². The molecule has 0 spiro atoms. The van der Waals surface area contributed by atoms with Crippen LogP contribution in [0.5, 0.6) is 0 Å². The molecule has 1 aliphatic rings. The van der Waals surface area contributed by atoms with E-state index in [-0.39, 0.29) is 32.7 Å². The third kappa shape index (κ3) is 3.89. The van der Waals surface area contributed by atoms with Crippen LogP contribution >= 0.6 is 0 Å². The predicted molar refractivity (Wildman–Crippen MR) is 167 cm³/mol. The molecular weight excluding hydrogens is 573 g/mol. The van der Waals surface area contributed by atoms with Crippen molar-refractivity contribution in [2.24, 2.45) is 0 Å². The molecule has 2 nitrogen and oxygen atoms in total. The van der Waals surface area contributed by atoms with Crippen LogP contribution in [0.15, 0.2) is 109 Å². The van der Waals surface area contributed by atoms with E-state index in [2.05, 4.69) is 135 Å². The van der Waals surface area contributed by atoms with E-state index in [9.17, 15) is 0 Å². The molecule has 7 aromatic rings. The zero-order chi connectivity index (χ0) is 27.0. The van der Waals surface area contributed by atoms with Gasteiger partial charge in [-0.25, -0.2) is 4.98 Å². The molecule has 41 heavy (non-hydrogen) atoms. The van der Waals surface area contributed by atoms with Crippen LogP contribution < -0.4 is 0 Å². The van der Waals surface area contributed by atoms with Gasteiger partial charge in [-0.05, 0) is 40.8 Å². The van der Waals surface area contributed by atoms with Crippen LogP contribution in [-0.2, 0) is 32.7 Å². The van der Waals surface area contributed by atoms with E-state index in [1.165, 1.54) is 60.8 Å². The standard InChI is InChI=1S/C38H27N2.Y/c1-23-22-33-31-13-9-12-30-29(20-21-32(37(30)31)36(33)25(3)24(23)2)26-16-18-27(19-17-26)38-39-34-14-7-8-15-35(34)40(38)28-10-5-4-6-11-28;/h4-21H,1-3H3;/q-1;. The molecule has 8 rings (SSSR count). The molecule has 0 atom stereocenters. The number of aromatic nitrogens is 2. The zero-order valence-corrected chi connectivity index (χ0v) is 26.2. The molecule has 0 bridgehead atoms. The van der Waals surface area contributed by atoms with Crippen molar-refractivity contribution in [2.45, 2.75) is 20.8 Å². The summed E-state index contributed by atoms with van der Waals surface area (Å²) in [5, 5.41) is 2.63. The molecule has 0 saturated carbocycles. The second-order valence-corrected chi connectivity index (χ2v) is 10.8. The first kappa shape index (κ1) is 26.1. The molecule has 0 N–H and O–H groups in total. The SMILES string of the molecule is Cc1[c-]c2c(c(C)c1C)-c1ccc(-c3ccc(-c4nc5ccccc5n4-c4ccccc4)cc3)c3cccc-2c13.[Y]. The quantitative estimate of drug-likeness (QED) is 0.185. The molecule has 0 amide bonds. The first-order chi connectivity index (χ1) is 19.6. The predicted octanol–water partition coefficient (Wildman–Crippen LogP) is 9.88. The van der Waals surface area contributed by atoms with Crippen LogP contribution in [0.2, 0.25) is 0 Å². The third-order valence-electron chi connectivity index (χ3n) is 8.67. The normalized spacial score (nSPS) is 11.6. The van der Waals surface area contributed by atoms with E-state index in [1.54, 1.807) is 0 Å². The molecular formula is C38H27N2Y-. The fraction of sp³-hybridized carbons (Fsp3) is 0.0789. The fourth-order valence-electron chi connectivity index (χ4n) is 6.47. The number of fused-ring (bicyclic) bond motifs is 4. The first-order valence-corrected chi connectivity index (χ1v) is 13.8. The van der Waals surface area contributed by atoms with Gasteiger partial charge in [0.1, 0.15) is 5.82 Å². The van der Waals surface area contributed by atoms with E-state index in [0.29, 0.717) is 0 Å². The summed E-state index contributed by atoms with van der Waals surface area (Å²) in [7, 11) is 0. The number of benzene rings is 6. The molecule has 1 radical (unpaired) electrons. The van der Waals surface area contributed by atoms with Crippen LogP contribution in [-0.4, -0.2) is 9.55 Å². The second-order valence-electron chi connectivity index (χ2n) is 10.8. The van der Waals surface area contributed by atoms with Gasteiger partial charge in [-0.3, -0.25) is 4.57 Å². The molecule has 0 aliphatic heterocycles. The number of imidazole rings is 1. The van der Waals surface area contributed by atoms with Crippen LogP contribution in [0.1, 0.15) is 16.7 Å². The Kier molecular flexibility index (Phi) is 6.30. The van der Waals surface area contributed by atoms with Crippen LogP contribution in [0.25, 0.3) is 72.3 Å². The van der Waals surface area contributed by atoms with Gasteiger partial charge in [0.15, 0.2) is 0 Å². The number of hydrogen-bond acceptors (Lipinski definition) is 1. The molecule has 1 aliphatic carbocycles. The Labute approximate surface area is 265 Å². The molecule has 0 unspecified atom stereocenters. The second kappa shape index (κ2) is 9.91. The average molecular weight is 601 g/mol. The minimum absolute atomic E-state index is 0. The van der Waals surface area contributed by atoms with E-state index in [4.69, 9.17) is 4.98 Å². The maximum Gasteiger partial charge on any atom is 0.145 e. The van der Waals surface area contributed by atoms with E-state index < -0.39 is 0 Å². The molecule has 0 fully saturated rings. The molecule has 193 valence electrons. The van der Waals surface area contributed by atoms with Crippen molar-refractivity contribution < 1.29 is 32.7 Å². The molecule has 1 heterocycles. The van der Waals surface area contributed by atoms with Gasteiger partial charge in [-0.2, -0.15) is 0 Å². The number of aryl methyl sites for hydroxylation is 1. The molecule has 1 aromatic heterocycles. The summed E-state index contributed by atoms with van der Waals surface area (Å²) in [6, 6.07) is 42.7. The van der Waals surface area contributed by atoms with Crippen LogP contribution in [0, 0.1) is 26.8 Å². The Morgan fingerprint density at radius 2 is 1.32 bits per heavy atom. The Morgan fingerprint density at radius 3 is 2.12 bits per heavy atom. The van der Waals surface area contributed by atoms with Crippen molar-refractivity contribution in [2.75, 3.05) is 0 Å². The van der Waals surface area contributed by atoms with Gasteiger partial charge >= 0.3 is 0 Å². The molecule has 0 saturated heterocycles. The number of hydrogen-bond donors (Lipinski definition) is 0. The van der Waals surface area contributed by atoms with Crippen molar-refractivity contribution in [1.82, 2.24) is 9.55 Å². The van der Waals surface area contributed by atoms with Gasteiger partial charge in [0.25, 0.3) is 0 Å². The summed E-state index contributed by atoms with van der Waals surface area (Å²) in [5.41, 5.74) is 15.9. The monoisotopic (exact) mass is 600 g/mol. The Morgan fingerprint density at radius 1 is 0.610 bits per heavy atom. The van der Waals surface area contributed by atoms with Crippen molar-refractivity contribution >= 4 is 21.8 Å². The minimum atomic E-state index is 0. The summed E-state index contributed by atoms with van der Waals surface area (Å²) in [6.45, 7) is 6.64. The summed E-state index contributed by atoms with van der Waals surface area (Å²) in [4.78, 5) is 5.05. The molecule has 3 heteroatoms. The first-order valence-electron chi connectivity index (χ1n) is 13.8. The van der Waals surface area contributed by atoms with Gasteiger partial charge in [0.2, 0.25) is 0 Å². The van der Waals surface area contributed by atoms with Gasteiger partial charge in [-0.15, -0.1) is 28.3 Å². The molecule has 6 aromatic carbocycles. The topological polar surface area (TPSA) is 17.8 Å².